The Morgan fingerprint density at radius 3 is 2.23 bits per heavy atom. The van der Waals surface area contributed by atoms with Crippen LogP contribution in [0.25, 0.3) is 0 Å². The first-order valence-corrected chi connectivity index (χ1v) is 9.28. The minimum absolute atomic E-state index is 0.185. The van der Waals surface area contributed by atoms with Crippen molar-refractivity contribution in [3.05, 3.63) is 71.8 Å². The molecule has 1 atom stereocenters. The van der Waals surface area contributed by atoms with Crippen LogP contribution in [0, 0.1) is 5.92 Å². The number of hydroxylamine groups is 2. The number of carbonyl (C=O) groups excluding carboxylic acids is 1. The van der Waals surface area contributed by atoms with Crippen LogP contribution in [0.4, 0.5) is 0 Å². The topological polar surface area (TPSA) is 52.6 Å². The minimum atomic E-state index is -0.390. The summed E-state index contributed by atoms with van der Waals surface area (Å²) in [5.41, 5.74) is 1.71. The number of thiocarbonyl (C=S) groups is 1. The SMILES string of the molecule is CC(C)C[C@H](NC(=O)c1ccccc1)C(=S)N(O)CCc1ccccc1. The zero-order chi connectivity index (χ0) is 18.9. The van der Waals surface area contributed by atoms with E-state index in [1.807, 2.05) is 48.5 Å². The number of carbonyl (C=O) groups is 1. The molecule has 138 valence electrons. The maximum Gasteiger partial charge on any atom is 0.251 e. The lowest BCUT2D eigenvalue weighted by Crippen LogP contribution is -2.47. The predicted molar refractivity (Wildman–Crippen MR) is 108 cm³/mol. The summed E-state index contributed by atoms with van der Waals surface area (Å²) in [6.45, 7) is 4.52. The maximum absolute atomic E-state index is 12.5. The van der Waals surface area contributed by atoms with Gasteiger partial charge in [0, 0.05) is 5.56 Å². The third-order valence-corrected chi connectivity index (χ3v) is 4.55. The molecule has 0 aliphatic heterocycles. The molecule has 0 unspecified atom stereocenters. The molecule has 0 aromatic heterocycles. The monoisotopic (exact) mass is 370 g/mol. The molecule has 2 aromatic rings. The molecule has 2 aromatic carbocycles. The fourth-order valence-corrected chi connectivity index (χ4v) is 2.94. The summed E-state index contributed by atoms with van der Waals surface area (Å²) in [4.78, 5) is 12.8. The molecule has 2 rings (SSSR count). The molecule has 0 heterocycles. The quantitative estimate of drug-likeness (QED) is 0.543. The molecule has 4 nitrogen and oxygen atoms in total. The van der Waals surface area contributed by atoms with Crippen molar-refractivity contribution in [2.24, 2.45) is 5.92 Å². The van der Waals surface area contributed by atoms with Crippen LogP contribution in [-0.4, -0.2) is 33.8 Å². The molecule has 0 bridgehead atoms. The van der Waals surface area contributed by atoms with Gasteiger partial charge >= 0.3 is 0 Å². The Labute approximate surface area is 160 Å². The molecule has 0 radical (unpaired) electrons. The molecule has 0 saturated heterocycles. The summed E-state index contributed by atoms with van der Waals surface area (Å²) < 4.78 is 0. The zero-order valence-corrected chi connectivity index (χ0v) is 16.1. The van der Waals surface area contributed by atoms with Crippen LogP contribution in [0.15, 0.2) is 60.7 Å². The first kappa shape index (κ1) is 20.1. The van der Waals surface area contributed by atoms with E-state index in [9.17, 15) is 10.0 Å². The molecule has 5 heteroatoms. The Morgan fingerprint density at radius 2 is 1.65 bits per heavy atom. The molecule has 0 saturated carbocycles. The van der Waals surface area contributed by atoms with Gasteiger partial charge in [0.1, 0.15) is 4.99 Å². The molecule has 2 N–H and O–H groups in total. The van der Waals surface area contributed by atoms with Crippen LogP contribution in [0.2, 0.25) is 0 Å². The molecular weight excluding hydrogens is 344 g/mol. The molecule has 0 aliphatic carbocycles. The van der Waals surface area contributed by atoms with Crippen molar-refractivity contribution in [1.29, 1.82) is 0 Å². The second-order valence-corrected chi connectivity index (χ2v) is 7.14. The largest absolute Gasteiger partial charge is 0.343 e. The highest BCUT2D eigenvalue weighted by Gasteiger charge is 2.23. The number of hydrogen-bond donors (Lipinski definition) is 2. The van der Waals surface area contributed by atoms with E-state index in [1.54, 1.807) is 12.1 Å². The first-order valence-electron chi connectivity index (χ1n) is 8.87. The minimum Gasteiger partial charge on any atom is -0.343 e. The first-order chi connectivity index (χ1) is 12.5. The summed E-state index contributed by atoms with van der Waals surface area (Å²) >= 11 is 5.46. The average Bonchev–Trinajstić information content (AvgIpc) is 2.66. The number of nitrogens with zero attached hydrogens (tertiary/aromatic N) is 1. The zero-order valence-electron chi connectivity index (χ0n) is 15.3. The molecule has 26 heavy (non-hydrogen) atoms. The summed E-state index contributed by atoms with van der Waals surface area (Å²) in [6, 6.07) is 18.6. The summed E-state index contributed by atoms with van der Waals surface area (Å²) in [5.74, 6) is 0.145. The third kappa shape index (κ3) is 6.24. The Bertz CT molecular complexity index is 704. The number of rotatable bonds is 8. The van der Waals surface area contributed by atoms with Gasteiger partial charge in [0.05, 0.1) is 12.6 Å². The van der Waals surface area contributed by atoms with Crippen molar-refractivity contribution in [3.8, 4) is 0 Å². The van der Waals surface area contributed by atoms with Crippen molar-refractivity contribution in [2.45, 2.75) is 32.7 Å². The fraction of sp³-hybridized carbons (Fsp3) is 0.333. The van der Waals surface area contributed by atoms with E-state index in [-0.39, 0.29) is 5.91 Å². The van der Waals surface area contributed by atoms with Gasteiger partial charge in [0.2, 0.25) is 0 Å². The molecule has 0 fully saturated rings. The molecular formula is C21H26N2O2S. The predicted octanol–water partition coefficient (Wildman–Crippen LogP) is 4.09. The van der Waals surface area contributed by atoms with Gasteiger partial charge in [0.25, 0.3) is 5.91 Å². The number of benzene rings is 2. The Kier molecular flexibility index (Phi) is 7.75. The normalized spacial score (nSPS) is 11.8. The Balaban J connectivity index is 2.00. The van der Waals surface area contributed by atoms with Crippen LogP contribution in [0.1, 0.15) is 36.2 Å². The maximum atomic E-state index is 12.5. The smallest absolute Gasteiger partial charge is 0.251 e. The third-order valence-electron chi connectivity index (χ3n) is 4.06. The van der Waals surface area contributed by atoms with Crippen molar-refractivity contribution < 1.29 is 10.0 Å². The fourth-order valence-electron chi connectivity index (χ4n) is 2.69. The lowest BCUT2D eigenvalue weighted by molar-refractivity contribution is -0.0146. The van der Waals surface area contributed by atoms with Gasteiger partial charge in [-0.15, -0.1) is 0 Å². The van der Waals surface area contributed by atoms with Gasteiger partial charge in [-0.25, -0.2) is 5.06 Å². The second-order valence-electron chi connectivity index (χ2n) is 6.72. The van der Waals surface area contributed by atoms with E-state index in [0.717, 1.165) is 10.6 Å². The van der Waals surface area contributed by atoms with Crippen molar-refractivity contribution in [2.75, 3.05) is 6.54 Å². The lowest BCUT2D eigenvalue weighted by atomic mass is 10.0. The van der Waals surface area contributed by atoms with E-state index in [4.69, 9.17) is 12.2 Å². The highest BCUT2D eigenvalue weighted by atomic mass is 32.1. The van der Waals surface area contributed by atoms with Gasteiger partial charge < -0.3 is 5.32 Å². The number of hydrogen-bond acceptors (Lipinski definition) is 3. The number of nitrogens with one attached hydrogen (secondary N) is 1. The standard InChI is InChI=1S/C21H26N2O2S/c1-16(2)15-19(22-20(24)18-11-7-4-8-12-18)21(26)23(25)14-13-17-9-5-3-6-10-17/h3-12,16,19,25H,13-15H2,1-2H3,(H,22,24)/t19-/m0/s1. The van der Waals surface area contributed by atoms with Gasteiger partial charge in [0.15, 0.2) is 0 Å². The van der Waals surface area contributed by atoms with E-state index in [1.165, 1.54) is 0 Å². The average molecular weight is 371 g/mol. The lowest BCUT2D eigenvalue weighted by Gasteiger charge is -2.27. The number of amides is 1. The highest BCUT2D eigenvalue weighted by molar-refractivity contribution is 7.80. The van der Waals surface area contributed by atoms with Crippen molar-refractivity contribution >= 4 is 23.1 Å². The summed E-state index contributed by atoms with van der Waals surface area (Å²) in [6.07, 6.45) is 1.35. The van der Waals surface area contributed by atoms with E-state index in [2.05, 4.69) is 19.2 Å². The van der Waals surface area contributed by atoms with Crippen molar-refractivity contribution in [1.82, 2.24) is 10.4 Å². The van der Waals surface area contributed by atoms with Crippen LogP contribution >= 0.6 is 12.2 Å². The molecule has 0 spiro atoms. The second kappa shape index (κ2) is 10.0. The Morgan fingerprint density at radius 1 is 1.08 bits per heavy atom. The van der Waals surface area contributed by atoms with Gasteiger partial charge in [-0.05, 0) is 36.5 Å². The van der Waals surface area contributed by atoms with E-state index in [0.29, 0.717) is 35.9 Å². The van der Waals surface area contributed by atoms with Crippen LogP contribution in [0.3, 0.4) is 0 Å². The van der Waals surface area contributed by atoms with E-state index >= 15 is 0 Å². The van der Waals surface area contributed by atoms with Crippen molar-refractivity contribution in [3.63, 3.8) is 0 Å². The Hall–Kier alpha value is -2.24. The van der Waals surface area contributed by atoms with E-state index < -0.39 is 6.04 Å². The van der Waals surface area contributed by atoms with Crippen LogP contribution in [0.5, 0.6) is 0 Å². The highest BCUT2D eigenvalue weighted by Crippen LogP contribution is 2.11. The van der Waals surface area contributed by atoms with Gasteiger partial charge in [-0.3, -0.25) is 10.0 Å². The summed E-state index contributed by atoms with van der Waals surface area (Å²) in [7, 11) is 0. The van der Waals surface area contributed by atoms with Crippen LogP contribution in [-0.2, 0) is 6.42 Å². The molecule has 1 amide bonds. The van der Waals surface area contributed by atoms with Gasteiger partial charge in [-0.2, -0.15) is 0 Å². The van der Waals surface area contributed by atoms with Gasteiger partial charge in [-0.1, -0.05) is 74.6 Å². The van der Waals surface area contributed by atoms with Crippen LogP contribution < -0.4 is 5.32 Å². The molecule has 0 aliphatic rings. The summed E-state index contributed by atoms with van der Waals surface area (Å²) in [5, 5.41) is 14.4.